The van der Waals surface area contributed by atoms with Crippen LogP contribution in [0.2, 0.25) is 0 Å². The highest BCUT2D eigenvalue weighted by atomic mass is 32.2. The molecule has 3 aromatic heterocycles. The fourth-order valence-corrected chi connectivity index (χ4v) is 5.04. The van der Waals surface area contributed by atoms with Crippen LogP contribution in [0.4, 0.5) is 5.95 Å². The number of rotatable bonds is 11. The lowest BCUT2D eigenvalue weighted by molar-refractivity contribution is 0.391. The Kier molecular flexibility index (Phi) is 7.90. The zero-order chi connectivity index (χ0) is 27.3. The standard InChI is InChI=1S/C24H27N7O6S/c1-15(17-12-26-21(37-5)13-25-17)14-38(32,33)30-24-29-28-23(16-8-6-11-20(27-16)36-4)31(24)22-18(34-2)9-7-10-19(22)35-3/h6-13,15H,14H2,1-5H3,(H,29,30)/t15-/m1/s1. The molecular formula is C24H27N7O6S. The molecule has 4 rings (SSSR count). The lowest BCUT2D eigenvalue weighted by Crippen LogP contribution is -2.23. The Bertz CT molecular complexity index is 1490. The molecule has 0 fully saturated rings. The highest BCUT2D eigenvalue weighted by molar-refractivity contribution is 7.92. The van der Waals surface area contributed by atoms with Gasteiger partial charge >= 0.3 is 0 Å². The molecule has 1 N–H and O–H groups in total. The fraction of sp³-hybridized carbons (Fsp3) is 0.292. The number of pyridine rings is 1. The Labute approximate surface area is 219 Å². The van der Waals surface area contributed by atoms with Gasteiger partial charge in [-0.25, -0.2) is 18.4 Å². The van der Waals surface area contributed by atoms with Crippen molar-refractivity contribution in [1.29, 1.82) is 0 Å². The lowest BCUT2D eigenvalue weighted by Gasteiger charge is -2.18. The molecule has 200 valence electrons. The number of para-hydroxylation sites is 1. The molecule has 3 heterocycles. The summed E-state index contributed by atoms with van der Waals surface area (Å²) in [5, 5.41) is 8.40. The number of aromatic nitrogens is 6. The quantitative estimate of drug-likeness (QED) is 0.298. The van der Waals surface area contributed by atoms with Crippen LogP contribution in [0, 0.1) is 0 Å². The summed E-state index contributed by atoms with van der Waals surface area (Å²) in [5.74, 6) is 0.851. The SMILES string of the molecule is COc1cnc([C@H](C)CS(=O)(=O)Nc2nnc(-c3cccc(OC)n3)n2-c2c(OC)cccc2OC)cn1. The smallest absolute Gasteiger partial charge is 0.243 e. The molecule has 0 aliphatic carbocycles. The van der Waals surface area contributed by atoms with Gasteiger partial charge in [-0.15, -0.1) is 10.2 Å². The first-order valence-electron chi connectivity index (χ1n) is 11.3. The Morgan fingerprint density at radius 1 is 0.868 bits per heavy atom. The second-order valence-corrected chi connectivity index (χ2v) is 9.79. The number of hydrogen-bond acceptors (Lipinski definition) is 11. The number of sulfonamides is 1. The van der Waals surface area contributed by atoms with Crippen molar-refractivity contribution in [3.63, 3.8) is 0 Å². The van der Waals surface area contributed by atoms with Crippen LogP contribution in [0.3, 0.4) is 0 Å². The van der Waals surface area contributed by atoms with E-state index in [-0.39, 0.29) is 17.5 Å². The number of benzene rings is 1. The summed E-state index contributed by atoms with van der Waals surface area (Å²) in [5.41, 5.74) is 1.26. The van der Waals surface area contributed by atoms with E-state index in [1.165, 1.54) is 45.4 Å². The molecule has 0 saturated heterocycles. The molecule has 13 nitrogen and oxygen atoms in total. The number of hydrogen-bond donors (Lipinski definition) is 1. The predicted octanol–water partition coefficient (Wildman–Crippen LogP) is 2.70. The Morgan fingerprint density at radius 3 is 2.16 bits per heavy atom. The Balaban J connectivity index is 1.78. The molecular weight excluding hydrogens is 514 g/mol. The molecule has 14 heteroatoms. The van der Waals surface area contributed by atoms with Crippen LogP contribution >= 0.6 is 0 Å². The summed E-state index contributed by atoms with van der Waals surface area (Å²) in [6.45, 7) is 1.73. The van der Waals surface area contributed by atoms with Crippen molar-refractivity contribution in [2.24, 2.45) is 0 Å². The summed E-state index contributed by atoms with van der Waals surface area (Å²) in [7, 11) is 2.01. The van der Waals surface area contributed by atoms with Gasteiger partial charge in [0, 0.05) is 12.0 Å². The van der Waals surface area contributed by atoms with E-state index >= 15 is 0 Å². The van der Waals surface area contributed by atoms with E-state index in [1.54, 1.807) is 43.3 Å². The van der Waals surface area contributed by atoms with E-state index in [2.05, 4.69) is 29.9 Å². The minimum atomic E-state index is -3.95. The van der Waals surface area contributed by atoms with Crippen molar-refractivity contribution in [2.75, 3.05) is 38.9 Å². The first-order chi connectivity index (χ1) is 18.3. The highest BCUT2D eigenvalue weighted by Crippen LogP contribution is 2.37. The third-order valence-electron chi connectivity index (χ3n) is 5.53. The van der Waals surface area contributed by atoms with Gasteiger partial charge in [0.15, 0.2) is 5.82 Å². The summed E-state index contributed by atoms with van der Waals surface area (Å²) in [6, 6.07) is 10.3. The average Bonchev–Trinajstić information content (AvgIpc) is 3.34. The van der Waals surface area contributed by atoms with E-state index in [4.69, 9.17) is 18.9 Å². The van der Waals surface area contributed by atoms with E-state index < -0.39 is 15.9 Å². The second-order valence-electron chi connectivity index (χ2n) is 8.03. The monoisotopic (exact) mass is 541 g/mol. The van der Waals surface area contributed by atoms with Gasteiger partial charge in [0.05, 0.1) is 52.3 Å². The summed E-state index contributed by atoms with van der Waals surface area (Å²) in [4.78, 5) is 12.8. The van der Waals surface area contributed by atoms with Crippen molar-refractivity contribution in [1.82, 2.24) is 29.7 Å². The molecule has 0 radical (unpaired) electrons. The van der Waals surface area contributed by atoms with Crippen LogP contribution < -0.4 is 23.7 Å². The maximum atomic E-state index is 13.3. The van der Waals surface area contributed by atoms with Crippen molar-refractivity contribution < 1.29 is 27.4 Å². The maximum absolute atomic E-state index is 13.3. The van der Waals surface area contributed by atoms with E-state index in [0.717, 1.165) is 0 Å². The van der Waals surface area contributed by atoms with Crippen molar-refractivity contribution >= 4 is 16.0 Å². The fourth-order valence-electron chi connectivity index (χ4n) is 3.71. The normalized spacial score (nSPS) is 12.0. The molecule has 1 aromatic carbocycles. The highest BCUT2D eigenvalue weighted by Gasteiger charge is 2.27. The molecule has 0 spiro atoms. The third-order valence-corrected chi connectivity index (χ3v) is 6.96. The largest absolute Gasteiger partial charge is 0.494 e. The summed E-state index contributed by atoms with van der Waals surface area (Å²) >= 11 is 0. The van der Waals surface area contributed by atoms with Gasteiger partial charge in [-0.3, -0.25) is 14.3 Å². The van der Waals surface area contributed by atoms with Crippen LogP contribution in [0.5, 0.6) is 23.3 Å². The molecule has 38 heavy (non-hydrogen) atoms. The first kappa shape index (κ1) is 26.6. The Morgan fingerprint density at radius 2 is 1.55 bits per heavy atom. The van der Waals surface area contributed by atoms with Gasteiger partial charge in [-0.1, -0.05) is 19.1 Å². The van der Waals surface area contributed by atoms with Crippen molar-refractivity contribution in [3.05, 3.63) is 54.5 Å². The molecule has 0 unspecified atom stereocenters. The van der Waals surface area contributed by atoms with Crippen molar-refractivity contribution in [2.45, 2.75) is 12.8 Å². The topological polar surface area (TPSA) is 152 Å². The minimum absolute atomic E-state index is 0.0829. The maximum Gasteiger partial charge on any atom is 0.243 e. The molecule has 0 aliphatic heterocycles. The molecule has 0 saturated carbocycles. The molecule has 1 atom stereocenters. The molecule has 0 amide bonds. The summed E-state index contributed by atoms with van der Waals surface area (Å²) in [6.07, 6.45) is 2.91. The van der Waals surface area contributed by atoms with E-state index in [0.29, 0.717) is 40.3 Å². The molecule has 0 aliphatic rings. The molecule has 0 bridgehead atoms. The second kappa shape index (κ2) is 11.3. The molecule has 4 aromatic rings. The van der Waals surface area contributed by atoms with Crippen LogP contribution in [0.1, 0.15) is 18.5 Å². The Hall–Kier alpha value is -4.46. The van der Waals surface area contributed by atoms with E-state index in [9.17, 15) is 8.42 Å². The van der Waals surface area contributed by atoms with E-state index in [1.807, 2.05) is 0 Å². The number of anilines is 1. The van der Waals surface area contributed by atoms with Gasteiger partial charge in [-0.05, 0) is 18.2 Å². The number of nitrogens with zero attached hydrogens (tertiary/aromatic N) is 6. The van der Waals surface area contributed by atoms with Crippen LogP contribution in [-0.4, -0.2) is 72.3 Å². The van der Waals surface area contributed by atoms with Gasteiger partial charge in [0.25, 0.3) is 0 Å². The zero-order valence-electron chi connectivity index (χ0n) is 21.4. The summed E-state index contributed by atoms with van der Waals surface area (Å²) < 4.78 is 52.0. The van der Waals surface area contributed by atoms with Gasteiger partial charge in [-0.2, -0.15) is 0 Å². The number of methoxy groups -OCH3 is 4. The average molecular weight is 542 g/mol. The lowest BCUT2D eigenvalue weighted by atomic mass is 10.1. The number of nitrogens with one attached hydrogen (secondary N) is 1. The third kappa shape index (κ3) is 5.59. The van der Waals surface area contributed by atoms with Gasteiger partial charge < -0.3 is 18.9 Å². The van der Waals surface area contributed by atoms with Crippen molar-refractivity contribution in [3.8, 4) is 40.5 Å². The minimum Gasteiger partial charge on any atom is -0.494 e. The van der Waals surface area contributed by atoms with Crippen LogP contribution in [0.25, 0.3) is 17.2 Å². The van der Waals surface area contributed by atoms with Gasteiger partial charge in [0.2, 0.25) is 27.7 Å². The van der Waals surface area contributed by atoms with Crippen LogP contribution in [0.15, 0.2) is 48.8 Å². The first-order valence-corrected chi connectivity index (χ1v) is 13.0. The van der Waals surface area contributed by atoms with Crippen LogP contribution in [-0.2, 0) is 10.0 Å². The zero-order valence-corrected chi connectivity index (χ0v) is 22.3. The number of ether oxygens (including phenoxy) is 4. The van der Waals surface area contributed by atoms with Gasteiger partial charge in [0.1, 0.15) is 22.9 Å². The predicted molar refractivity (Wildman–Crippen MR) is 139 cm³/mol.